The largest absolute Gasteiger partial charge is 0.486 e. The van der Waals surface area contributed by atoms with E-state index >= 15 is 0 Å². The van der Waals surface area contributed by atoms with Crippen molar-refractivity contribution in [2.24, 2.45) is 0 Å². The summed E-state index contributed by atoms with van der Waals surface area (Å²) in [6.45, 7) is 0.859. The van der Waals surface area contributed by atoms with Crippen molar-refractivity contribution in [3.63, 3.8) is 0 Å². The lowest BCUT2D eigenvalue weighted by Crippen LogP contribution is -2.18. The van der Waals surface area contributed by atoms with E-state index in [2.05, 4.69) is 10.0 Å². The molecule has 156 valence electrons. The predicted octanol–water partition coefficient (Wildman–Crippen LogP) is 3.36. The molecule has 0 fully saturated rings. The third-order valence-corrected chi connectivity index (χ3v) is 6.55. The van der Waals surface area contributed by atoms with Gasteiger partial charge in [-0.1, -0.05) is 30.0 Å². The molecule has 2 N–H and O–H groups in total. The SMILES string of the molecule is CNS(=O)(=O)c1ccc(C(=O)Nc2cc3c(cc2Sc2ccccc2)OCCO3)o1. The van der Waals surface area contributed by atoms with Crippen LogP contribution in [-0.2, 0) is 10.0 Å². The number of fused-ring (bicyclic) bond motifs is 1. The Hall–Kier alpha value is -2.95. The molecule has 1 amide bonds. The number of rotatable bonds is 6. The van der Waals surface area contributed by atoms with Crippen LogP contribution in [0.1, 0.15) is 10.6 Å². The van der Waals surface area contributed by atoms with E-state index < -0.39 is 15.9 Å². The van der Waals surface area contributed by atoms with Crippen molar-refractivity contribution < 1.29 is 27.1 Å². The lowest BCUT2D eigenvalue weighted by molar-refractivity contribution is 0.0991. The van der Waals surface area contributed by atoms with E-state index in [4.69, 9.17) is 13.9 Å². The first-order valence-corrected chi connectivity index (χ1v) is 11.3. The maximum absolute atomic E-state index is 12.7. The molecule has 2 aromatic carbocycles. The molecule has 30 heavy (non-hydrogen) atoms. The first-order chi connectivity index (χ1) is 14.5. The number of nitrogens with one attached hydrogen (secondary N) is 2. The zero-order chi connectivity index (χ0) is 21.1. The highest BCUT2D eigenvalue weighted by atomic mass is 32.2. The van der Waals surface area contributed by atoms with Gasteiger partial charge in [-0.25, -0.2) is 13.1 Å². The van der Waals surface area contributed by atoms with Gasteiger partial charge in [-0.05, 0) is 31.3 Å². The van der Waals surface area contributed by atoms with Crippen LogP contribution in [0.3, 0.4) is 0 Å². The van der Waals surface area contributed by atoms with E-state index in [1.807, 2.05) is 30.3 Å². The minimum Gasteiger partial charge on any atom is -0.486 e. The summed E-state index contributed by atoms with van der Waals surface area (Å²) < 4.78 is 42.3. The van der Waals surface area contributed by atoms with Crippen molar-refractivity contribution in [3.8, 4) is 11.5 Å². The van der Waals surface area contributed by atoms with Gasteiger partial charge in [0.15, 0.2) is 17.3 Å². The van der Waals surface area contributed by atoms with Crippen LogP contribution in [0, 0.1) is 0 Å². The lowest BCUT2D eigenvalue weighted by Gasteiger charge is -2.21. The Morgan fingerprint density at radius 3 is 2.40 bits per heavy atom. The first-order valence-electron chi connectivity index (χ1n) is 8.97. The standard InChI is InChI=1S/C20H18N2O6S2/c1-21-30(24,25)19-8-7-15(28-19)20(23)22-14-11-16-17(27-10-9-26-16)12-18(14)29-13-5-3-2-4-6-13/h2-8,11-12,21H,9-10H2,1H3,(H,22,23). The van der Waals surface area contributed by atoms with Gasteiger partial charge >= 0.3 is 0 Å². The van der Waals surface area contributed by atoms with Crippen LogP contribution < -0.4 is 19.5 Å². The minimum absolute atomic E-state index is 0.130. The Morgan fingerprint density at radius 2 is 1.70 bits per heavy atom. The van der Waals surface area contributed by atoms with Gasteiger partial charge in [-0.15, -0.1) is 0 Å². The summed E-state index contributed by atoms with van der Waals surface area (Å²) in [6.07, 6.45) is 0. The van der Waals surface area contributed by atoms with Gasteiger partial charge in [0.1, 0.15) is 13.2 Å². The molecule has 0 atom stereocenters. The summed E-state index contributed by atoms with van der Waals surface area (Å²) in [4.78, 5) is 14.4. The number of ether oxygens (including phenoxy) is 2. The van der Waals surface area contributed by atoms with Crippen molar-refractivity contribution in [1.29, 1.82) is 0 Å². The maximum atomic E-state index is 12.7. The number of hydrogen-bond acceptors (Lipinski definition) is 7. The molecule has 2 heterocycles. The van der Waals surface area contributed by atoms with Crippen molar-refractivity contribution in [1.82, 2.24) is 4.72 Å². The van der Waals surface area contributed by atoms with Crippen molar-refractivity contribution in [2.75, 3.05) is 25.6 Å². The monoisotopic (exact) mass is 446 g/mol. The Labute approximate surface area is 177 Å². The summed E-state index contributed by atoms with van der Waals surface area (Å²) in [5.41, 5.74) is 0.493. The van der Waals surface area contributed by atoms with Crippen LogP contribution in [0.5, 0.6) is 11.5 Å². The Kier molecular flexibility index (Phi) is 5.71. The Morgan fingerprint density at radius 1 is 1.00 bits per heavy atom. The van der Waals surface area contributed by atoms with E-state index in [9.17, 15) is 13.2 Å². The number of hydrogen-bond donors (Lipinski definition) is 2. The number of anilines is 1. The predicted molar refractivity (Wildman–Crippen MR) is 111 cm³/mol. The molecular formula is C20H18N2O6S2. The molecule has 8 nitrogen and oxygen atoms in total. The first kappa shape index (κ1) is 20.3. The van der Waals surface area contributed by atoms with Gasteiger partial charge < -0.3 is 19.2 Å². The fourth-order valence-electron chi connectivity index (χ4n) is 2.74. The molecule has 1 aliphatic rings. The highest BCUT2D eigenvalue weighted by Crippen LogP contribution is 2.42. The quantitative estimate of drug-likeness (QED) is 0.598. The molecule has 0 saturated heterocycles. The molecule has 0 bridgehead atoms. The zero-order valence-electron chi connectivity index (χ0n) is 15.9. The third-order valence-electron chi connectivity index (χ3n) is 4.20. The van der Waals surface area contributed by atoms with Crippen LogP contribution in [0.15, 0.2) is 73.9 Å². The number of carbonyl (C=O) groups excluding carboxylic acids is 1. The van der Waals surface area contributed by atoms with Crippen LogP contribution in [0.25, 0.3) is 0 Å². The molecule has 0 aliphatic carbocycles. The fraction of sp³-hybridized carbons (Fsp3) is 0.150. The van der Waals surface area contributed by atoms with Gasteiger partial charge in [-0.2, -0.15) is 0 Å². The second kappa shape index (κ2) is 8.42. The van der Waals surface area contributed by atoms with E-state index in [-0.39, 0.29) is 10.9 Å². The van der Waals surface area contributed by atoms with Crippen molar-refractivity contribution in [2.45, 2.75) is 14.9 Å². The number of furan rings is 1. The van der Waals surface area contributed by atoms with Gasteiger partial charge in [0.2, 0.25) is 5.09 Å². The maximum Gasteiger partial charge on any atom is 0.291 e. The third kappa shape index (κ3) is 4.30. The van der Waals surface area contributed by atoms with E-state index in [0.29, 0.717) is 30.4 Å². The average molecular weight is 447 g/mol. The molecule has 4 rings (SSSR count). The molecule has 3 aromatic rings. The highest BCUT2D eigenvalue weighted by molar-refractivity contribution is 7.99. The van der Waals surface area contributed by atoms with Crippen LogP contribution in [0.2, 0.25) is 0 Å². The zero-order valence-corrected chi connectivity index (χ0v) is 17.5. The normalized spacial score (nSPS) is 13.1. The second-order valence-corrected chi connectivity index (χ2v) is 9.12. The lowest BCUT2D eigenvalue weighted by atomic mass is 10.2. The number of sulfonamides is 1. The van der Waals surface area contributed by atoms with Crippen LogP contribution in [-0.4, -0.2) is 34.6 Å². The van der Waals surface area contributed by atoms with Crippen LogP contribution >= 0.6 is 11.8 Å². The smallest absolute Gasteiger partial charge is 0.291 e. The summed E-state index contributed by atoms with van der Waals surface area (Å²) in [7, 11) is -2.52. The minimum atomic E-state index is -3.78. The molecular weight excluding hydrogens is 428 g/mol. The molecule has 0 saturated carbocycles. The Balaban J connectivity index is 1.64. The van der Waals surface area contributed by atoms with E-state index in [1.165, 1.54) is 30.9 Å². The summed E-state index contributed by atoms with van der Waals surface area (Å²) in [5.74, 6) is 0.401. The van der Waals surface area contributed by atoms with Crippen molar-refractivity contribution >= 4 is 33.4 Å². The van der Waals surface area contributed by atoms with E-state index in [1.54, 1.807) is 12.1 Å². The van der Waals surface area contributed by atoms with Gasteiger partial charge in [0, 0.05) is 21.9 Å². The summed E-state index contributed by atoms with van der Waals surface area (Å²) in [6, 6.07) is 15.7. The molecule has 1 aromatic heterocycles. The fourth-order valence-corrected chi connectivity index (χ4v) is 4.32. The summed E-state index contributed by atoms with van der Waals surface area (Å²) in [5, 5.41) is 2.44. The van der Waals surface area contributed by atoms with Crippen LogP contribution in [0.4, 0.5) is 5.69 Å². The van der Waals surface area contributed by atoms with Crippen molar-refractivity contribution in [3.05, 3.63) is 60.4 Å². The molecule has 1 aliphatic heterocycles. The van der Waals surface area contributed by atoms with E-state index in [0.717, 1.165) is 9.79 Å². The second-order valence-electron chi connectivity index (χ2n) is 6.19. The Bertz CT molecular complexity index is 1180. The molecule has 10 heteroatoms. The molecule has 0 unspecified atom stereocenters. The van der Waals surface area contributed by atoms with Gasteiger partial charge in [-0.3, -0.25) is 4.79 Å². The average Bonchev–Trinajstić information content (AvgIpc) is 3.26. The number of amides is 1. The molecule has 0 radical (unpaired) electrons. The topological polar surface area (TPSA) is 107 Å². The molecule has 0 spiro atoms. The number of benzene rings is 2. The van der Waals surface area contributed by atoms with Gasteiger partial charge in [0.05, 0.1) is 5.69 Å². The highest BCUT2D eigenvalue weighted by Gasteiger charge is 2.22. The van der Waals surface area contributed by atoms with Gasteiger partial charge in [0.25, 0.3) is 15.9 Å². The number of carbonyl (C=O) groups is 1. The summed E-state index contributed by atoms with van der Waals surface area (Å²) >= 11 is 1.45.